The van der Waals surface area contributed by atoms with Crippen molar-refractivity contribution in [3.8, 4) is 12.1 Å². The highest BCUT2D eigenvalue weighted by Gasteiger charge is 2.44. The Labute approximate surface area is 128 Å². The molecule has 1 aliphatic rings. The average molecular weight is 306 g/mol. The van der Waals surface area contributed by atoms with Gasteiger partial charge in [-0.2, -0.15) is 10.5 Å². The van der Waals surface area contributed by atoms with Gasteiger partial charge in [0.1, 0.15) is 5.92 Å². The number of hydrogen-bond acceptors (Lipinski definition) is 5. The second kappa shape index (κ2) is 7.14. The van der Waals surface area contributed by atoms with E-state index < -0.39 is 17.2 Å². The number of carbonyl (C=O) groups is 2. The molecule has 0 saturated heterocycles. The van der Waals surface area contributed by atoms with Crippen molar-refractivity contribution >= 4 is 23.6 Å². The molecule has 0 aliphatic carbocycles. The highest BCUT2D eigenvalue weighted by molar-refractivity contribution is 8.03. The summed E-state index contributed by atoms with van der Waals surface area (Å²) in [5.74, 6) is -1.38. The fourth-order valence-corrected chi connectivity index (χ4v) is 2.99. The fraction of sp³-hybridized carbons (Fsp3) is 0.571. The number of hydrogen-bond donors (Lipinski definition) is 2. The first kappa shape index (κ1) is 17.1. The Kier molecular flexibility index (Phi) is 5.80. The molecule has 21 heavy (non-hydrogen) atoms. The van der Waals surface area contributed by atoms with Crippen LogP contribution in [0.3, 0.4) is 0 Å². The lowest BCUT2D eigenvalue weighted by atomic mass is 9.72. The van der Waals surface area contributed by atoms with Crippen molar-refractivity contribution in [2.24, 2.45) is 11.3 Å². The Morgan fingerprint density at radius 3 is 2.67 bits per heavy atom. The zero-order valence-corrected chi connectivity index (χ0v) is 13.1. The third-order valence-corrected chi connectivity index (χ3v) is 4.25. The van der Waals surface area contributed by atoms with Gasteiger partial charge in [-0.25, -0.2) is 0 Å². The molecule has 1 heterocycles. The van der Waals surface area contributed by atoms with Gasteiger partial charge in [0.05, 0.1) is 28.5 Å². The van der Waals surface area contributed by atoms with Crippen LogP contribution in [0.1, 0.15) is 27.2 Å². The van der Waals surface area contributed by atoms with Gasteiger partial charge < -0.3 is 10.6 Å². The van der Waals surface area contributed by atoms with Crippen LogP contribution < -0.4 is 10.6 Å². The quantitative estimate of drug-likeness (QED) is 0.795. The molecule has 2 amide bonds. The summed E-state index contributed by atoms with van der Waals surface area (Å²) in [6.45, 7) is 5.93. The van der Waals surface area contributed by atoms with E-state index in [9.17, 15) is 14.9 Å². The Balaban J connectivity index is 2.92. The number of nitrogens with zero attached hydrogens (tertiary/aromatic N) is 2. The SMILES string of the molecule is CCCNC(=O)CSC1=C(C#N)C(C)(C)[C@H](C#N)C(=O)N1. The highest BCUT2D eigenvalue weighted by Crippen LogP contribution is 2.41. The van der Waals surface area contributed by atoms with Crippen LogP contribution >= 0.6 is 11.8 Å². The predicted octanol–water partition coefficient (Wildman–Crippen LogP) is 1.28. The zero-order chi connectivity index (χ0) is 16.0. The van der Waals surface area contributed by atoms with Gasteiger partial charge in [-0.1, -0.05) is 32.5 Å². The number of rotatable bonds is 5. The maximum absolute atomic E-state index is 11.9. The molecule has 0 aromatic rings. The Morgan fingerprint density at radius 1 is 1.48 bits per heavy atom. The van der Waals surface area contributed by atoms with Gasteiger partial charge in [-0.15, -0.1) is 0 Å². The van der Waals surface area contributed by atoms with Crippen LogP contribution in [0.2, 0.25) is 0 Å². The number of thioether (sulfide) groups is 1. The van der Waals surface area contributed by atoms with Crippen LogP contribution in [0.25, 0.3) is 0 Å². The summed E-state index contributed by atoms with van der Waals surface area (Å²) in [6.07, 6.45) is 0.843. The molecular formula is C14H18N4O2S. The van der Waals surface area contributed by atoms with Crippen molar-refractivity contribution in [3.63, 3.8) is 0 Å². The highest BCUT2D eigenvalue weighted by atomic mass is 32.2. The molecule has 1 atom stereocenters. The van der Waals surface area contributed by atoms with Gasteiger partial charge >= 0.3 is 0 Å². The summed E-state index contributed by atoms with van der Waals surface area (Å²) < 4.78 is 0. The third-order valence-electron chi connectivity index (χ3n) is 3.25. The second-order valence-corrected chi connectivity index (χ2v) is 6.21. The van der Waals surface area contributed by atoms with E-state index >= 15 is 0 Å². The first-order valence-electron chi connectivity index (χ1n) is 6.63. The van der Waals surface area contributed by atoms with E-state index in [4.69, 9.17) is 5.26 Å². The van der Waals surface area contributed by atoms with E-state index in [2.05, 4.69) is 16.7 Å². The van der Waals surface area contributed by atoms with Gasteiger partial charge in [-0.05, 0) is 6.42 Å². The first-order valence-corrected chi connectivity index (χ1v) is 7.61. The van der Waals surface area contributed by atoms with Gasteiger partial charge in [0.2, 0.25) is 11.8 Å². The standard InChI is InChI=1S/C14H18N4O2S/c1-4-5-17-11(19)8-21-13-10(7-16)14(2,3)9(6-15)12(20)18-13/h9H,4-5,8H2,1-3H3,(H,17,19)(H,18,20)/t9-/m1/s1. The number of nitriles is 2. The molecule has 7 heteroatoms. The predicted molar refractivity (Wildman–Crippen MR) is 79.4 cm³/mol. The second-order valence-electron chi connectivity index (χ2n) is 5.23. The van der Waals surface area contributed by atoms with Crippen molar-refractivity contribution < 1.29 is 9.59 Å². The lowest BCUT2D eigenvalue weighted by Gasteiger charge is -2.34. The molecule has 0 unspecified atom stereocenters. The Bertz CT molecular complexity index is 554. The van der Waals surface area contributed by atoms with E-state index in [1.165, 1.54) is 0 Å². The van der Waals surface area contributed by atoms with Gasteiger partial charge in [0.25, 0.3) is 0 Å². The summed E-state index contributed by atoms with van der Waals surface area (Å²) in [7, 11) is 0. The lowest BCUT2D eigenvalue weighted by Crippen LogP contribution is -2.44. The summed E-state index contributed by atoms with van der Waals surface area (Å²) >= 11 is 1.11. The number of nitrogens with one attached hydrogen (secondary N) is 2. The number of amides is 2. The van der Waals surface area contributed by atoms with Crippen LogP contribution in [0.5, 0.6) is 0 Å². The summed E-state index contributed by atoms with van der Waals surface area (Å²) in [6, 6.07) is 3.99. The lowest BCUT2D eigenvalue weighted by molar-refractivity contribution is -0.125. The molecule has 0 aromatic heterocycles. The zero-order valence-electron chi connectivity index (χ0n) is 12.3. The largest absolute Gasteiger partial charge is 0.355 e. The van der Waals surface area contributed by atoms with Crippen LogP contribution in [0.15, 0.2) is 10.6 Å². The minimum atomic E-state index is -0.912. The third kappa shape index (κ3) is 3.77. The van der Waals surface area contributed by atoms with Crippen LogP contribution in [-0.2, 0) is 9.59 Å². The van der Waals surface area contributed by atoms with Crippen molar-refractivity contribution in [2.45, 2.75) is 27.2 Å². The van der Waals surface area contributed by atoms with Crippen LogP contribution in [0, 0.1) is 34.0 Å². The smallest absolute Gasteiger partial charge is 0.243 e. The molecule has 6 nitrogen and oxygen atoms in total. The Hall–Kier alpha value is -1.99. The van der Waals surface area contributed by atoms with E-state index in [-0.39, 0.29) is 11.7 Å². The van der Waals surface area contributed by atoms with Gasteiger partial charge in [0, 0.05) is 12.0 Å². The van der Waals surface area contributed by atoms with Crippen LogP contribution in [0.4, 0.5) is 0 Å². The molecule has 0 saturated carbocycles. The summed E-state index contributed by atoms with van der Waals surface area (Å²) in [5, 5.41) is 24.1. The van der Waals surface area contributed by atoms with Crippen molar-refractivity contribution in [1.82, 2.24) is 10.6 Å². The molecule has 0 radical (unpaired) electrons. The molecule has 1 rings (SSSR count). The number of carbonyl (C=O) groups excluding carboxylic acids is 2. The molecule has 2 N–H and O–H groups in total. The molecular weight excluding hydrogens is 288 g/mol. The normalized spacial score (nSPS) is 20.2. The van der Waals surface area contributed by atoms with Crippen LogP contribution in [-0.4, -0.2) is 24.1 Å². The Morgan fingerprint density at radius 2 is 2.14 bits per heavy atom. The fourth-order valence-electron chi connectivity index (χ4n) is 1.99. The van der Waals surface area contributed by atoms with Gasteiger partial charge in [-0.3, -0.25) is 9.59 Å². The molecule has 112 valence electrons. The molecule has 0 bridgehead atoms. The minimum Gasteiger partial charge on any atom is -0.355 e. The van der Waals surface area contributed by atoms with E-state index in [1.54, 1.807) is 13.8 Å². The maximum Gasteiger partial charge on any atom is 0.243 e. The monoisotopic (exact) mass is 306 g/mol. The topological polar surface area (TPSA) is 106 Å². The molecule has 1 aliphatic heterocycles. The average Bonchev–Trinajstić information content (AvgIpc) is 2.42. The summed E-state index contributed by atoms with van der Waals surface area (Å²) in [5.41, 5.74) is -0.532. The number of allylic oxidation sites excluding steroid dienone is 1. The van der Waals surface area contributed by atoms with Crippen molar-refractivity contribution in [2.75, 3.05) is 12.3 Å². The molecule has 0 aromatic carbocycles. The van der Waals surface area contributed by atoms with Gasteiger partial charge in [0.15, 0.2) is 0 Å². The first-order chi connectivity index (χ1) is 9.88. The van der Waals surface area contributed by atoms with E-state index in [0.717, 1.165) is 18.2 Å². The minimum absolute atomic E-state index is 0.119. The van der Waals surface area contributed by atoms with Crippen molar-refractivity contribution in [3.05, 3.63) is 10.6 Å². The van der Waals surface area contributed by atoms with E-state index in [0.29, 0.717) is 17.1 Å². The molecule has 0 spiro atoms. The summed E-state index contributed by atoms with van der Waals surface area (Å²) in [4.78, 5) is 23.5. The van der Waals surface area contributed by atoms with E-state index in [1.807, 2.05) is 13.0 Å². The molecule has 0 fully saturated rings. The van der Waals surface area contributed by atoms with Crippen molar-refractivity contribution in [1.29, 1.82) is 10.5 Å². The maximum atomic E-state index is 11.9.